The molecule has 6 nitrogen and oxygen atoms in total. The Labute approximate surface area is 154 Å². The molecule has 6 heteroatoms. The molecular weight excluding hydrogens is 328 g/mol. The predicted molar refractivity (Wildman–Crippen MR) is 97.8 cm³/mol. The molecule has 4 heterocycles. The van der Waals surface area contributed by atoms with Crippen LogP contribution in [0.1, 0.15) is 30.7 Å². The number of nitrogens with zero attached hydrogens (tertiary/aromatic N) is 4. The van der Waals surface area contributed by atoms with Crippen molar-refractivity contribution in [3.05, 3.63) is 48.0 Å². The summed E-state index contributed by atoms with van der Waals surface area (Å²) >= 11 is 0. The number of ether oxygens (including phenoxy) is 2. The molecule has 2 aliphatic rings. The third-order valence-corrected chi connectivity index (χ3v) is 5.26. The minimum absolute atomic E-state index is 0.0392. The standard InChI is InChI=1S/C20H26N4O2/c1-16-5-9-22-19(23-16)25-10-6-17-7-11-26-20(12-17)14-24(15-20)13-18-4-2-3-8-21-18/h2-5,8-9,17H,6-7,10-15H2,1H3/t17-/m1/s1. The van der Waals surface area contributed by atoms with Crippen LogP contribution in [0.5, 0.6) is 6.01 Å². The van der Waals surface area contributed by atoms with Crippen LogP contribution in [0, 0.1) is 12.8 Å². The van der Waals surface area contributed by atoms with Gasteiger partial charge in [0.05, 0.1) is 17.9 Å². The van der Waals surface area contributed by atoms with E-state index in [9.17, 15) is 0 Å². The molecule has 2 aliphatic heterocycles. The van der Waals surface area contributed by atoms with Gasteiger partial charge < -0.3 is 9.47 Å². The van der Waals surface area contributed by atoms with Gasteiger partial charge in [0.2, 0.25) is 0 Å². The molecule has 0 amide bonds. The zero-order chi connectivity index (χ0) is 17.8. The van der Waals surface area contributed by atoms with Gasteiger partial charge in [-0.05, 0) is 50.3 Å². The summed E-state index contributed by atoms with van der Waals surface area (Å²) in [6.07, 6.45) is 6.86. The zero-order valence-corrected chi connectivity index (χ0v) is 15.3. The Bertz CT molecular complexity index is 719. The third kappa shape index (κ3) is 4.19. The van der Waals surface area contributed by atoms with E-state index >= 15 is 0 Å². The van der Waals surface area contributed by atoms with Crippen molar-refractivity contribution in [1.29, 1.82) is 0 Å². The summed E-state index contributed by atoms with van der Waals surface area (Å²) in [6, 6.07) is 8.45. The SMILES string of the molecule is Cc1ccnc(OCC[C@@H]2CCOC3(C2)CN(Cc2ccccn2)C3)n1. The second-order valence-corrected chi connectivity index (χ2v) is 7.47. The highest BCUT2D eigenvalue weighted by Gasteiger charge is 2.47. The molecule has 138 valence electrons. The van der Waals surface area contributed by atoms with E-state index in [1.165, 1.54) is 0 Å². The van der Waals surface area contributed by atoms with Gasteiger partial charge in [0.15, 0.2) is 0 Å². The van der Waals surface area contributed by atoms with Crippen molar-refractivity contribution < 1.29 is 9.47 Å². The van der Waals surface area contributed by atoms with Gasteiger partial charge in [-0.1, -0.05) is 6.07 Å². The summed E-state index contributed by atoms with van der Waals surface area (Å²) < 4.78 is 11.9. The first-order valence-corrected chi connectivity index (χ1v) is 9.39. The average molecular weight is 354 g/mol. The molecule has 1 atom stereocenters. The largest absolute Gasteiger partial charge is 0.463 e. The normalized spacial score (nSPS) is 22.1. The van der Waals surface area contributed by atoms with E-state index in [2.05, 4.69) is 25.9 Å². The third-order valence-electron chi connectivity index (χ3n) is 5.26. The number of aromatic nitrogens is 3. The lowest BCUT2D eigenvalue weighted by Crippen LogP contribution is -2.64. The minimum atomic E-state index is 0.0392. The number of aryl methyl sites for hydroxylation is 1. The van der Waals surface area contributed by atoms with E-state index in [0.717, 1.165) is 56.9 Å². The molecular formula is C20H26N4O2. The second-order valence-electron chi connectivity index (χ2n) is 7.47. The van der Waals surface area contributed by atoms with Crippen molar-refractivity contribution >= 4 is 0 Å². The molecule has 0 unspecified atom stereocenters. The molecule has 2 aromatic heterocycles. The first kappa shape index (κ1) is 17.4. The van der Waals surface area contributed by atoms with Gasteiger partial charge in [-0.25, -0.2) is 9.97 Å². The van der Waals surface area contributed by atoms with Crippen molar-refractivity contribution in [1.82, 2.24) is 19.9 Å². The Morgan fingerprint density at radius 2 is 2.15 bits per heavy atom. The summed E-state index contributed by atoms with van der Waals surface area (Å²) in [7, 11) is 0. The van der Waals surface area contributed by atoms with Crippen LogP contribution in [0.4, 0.5) is 0 Å². The van der Waals surface area contributed by atoms with Crippen LogP contribution in [-0.2, 0) is 11.3 Å². The van der Waals surface area contributed by atoms with Crippen LogP contribution in [0.15, 0.2) is 36.7 Å². The summed E-state index contributed by atoms with van der Waals surface area (Å²) in [6.45, 7) is 6.38. The van der Waals surface area contributed by atoms with Gasteiger partial charge >= 0.3 is 6.01 Å². The molecule has 2 saturated heterocycles. The predicted octanol–water partition coefficient (Wildman–Crippen LogP) is 2.63. The van der Waals surface area contributed by atoms with E-state index in [1.807, 2.05) is 31.3 Å². The van der Waals surface area contributed by atoms with Gasteiger partial charge in [-0.2, -0.15) is 0 Å². The quantitative estimate of drug-likeness (QED) is 0.795. The maximum atomic E-state index is 6.15. The fraction of sp³-hybridized carbons (Fsp3) is 0.550. The first-order chi connectivity index (χ1) is 12.7. The Kier molecular flexibility index (Phi) is 5.13. The molecule has 0 bridgehead atoms. The maximum Gasteiger partial charge on any atom is 0.316 e. The van der Waals surface area contributed by atoms with Crippen molar-refractivity contribution in [3.63, 3.8) is 0 Å². The summed E-state index contributed by atoms with van der Waals surface area (Å²) in [5, 5.41) is 0. The van der Waals surface area contributed by atoms with E-state index in [-0.39, 0.29) is 5.60 Å². The molecule has 0 N–H and O–H groups in total. The van der Waals surface area contributed by atoms with E-state index in [4.69, 9.17) is 9.47 Å². The maximum absolute atomic E-state index is 6.15. The van der Waals surface area contributed by atoms with E-state index < -0.39 is 0 Å². The van der Waals surface area contributed by atoms with Crippen LogP contribution in [0.2, 0.25) is 0 Å². The second kappa shape index (κ2) is 7.68. The van der Waals surface area contributed by atoms with Gasteiger partial charge in [0, 0.05) is 44.3 Å². The van der Waals surface area contributed by atoms with Crippen LogP contribution >= 0.6 is 0 Å². The topological polar surface area (TPSA) is 60.4 Å². The van der Waals surface area contributed by atoms with Gasteiger partial charge in [-0.3, -0.25) is 9.88 Å². The zero-order valence-electron chi connectivity index (χ0n) is 15.3. The minimum Gasteiger partial charge on any atom is -0.463 e. The smallest absolute Gasteiger partial charge is 0.316 e. The molecule has 0 aromatic carbocycles. The Balaban J connectivity index is 1.22. The molecule has 2 aromatic rings. The Hall–Kier alpha value is -2.05. The first-order valence-electron chi connectivity index (χ1n) is 9.39. The summed E-state index contributed by atoms with van der Waals surface area (Å²) in [5.74, 6) is 0.644. The van der Waals surface area contributed by atoms with Crippen molar-refractivity contribution in [3.8, 4) is 6.01 Å². The number of pyridine rings is 1. The lowest BCUT2D eigenvalue weighted by atomic mass is 9.79. The van der Waals surface area contributed by atoms with Gasteiger partial charge in [-0.15, -0.1) is 0 Å². The summed E-state index contributed by atoms with van der Waals surface area (Å²) in [4.78, 5) is 15.3. The highest BCUT2D eigenvalue weighted by Crippen LogP contribution is 2.38. The van der Waals surface area contributed by atoms with Crippen LogP contribution in [-0.4, -0.2) is 51.8 Å². The molecule has 2 fully saturated rings. The molecule has 1 spiro atoms. The molecule has 26 heavy (non-hydrogen) atoms. The average Bonchev–Trinajstić information content (AvgIpc) is 2.62. The van der Waals surface area contributed by atoms with E-state index in [1.54, 1.807) is 6.20 Å². The molecule has 4 rings (SSSR count). The lowest BCUT2D eigenvalue weighted by Gasteiger charge is -2.53. The van der Waals surface area contributed by atoms with Crippen molar-refractivity contribution in [2.24, 2.45) is 5.92 Å². The Morgan fingerprint density at radius 1 is 1.23 bits per heavy atom. The van der Waals surface area contributed by atoms with Crippen molar-refractivity contribution in [2.75, 3.05) is 26.3 Å². The number of hydrogen-bond donors (Lipinski definition) is 0. The Morgan fingerprint density at radius 3 is 2.96 bits per heavy atom. The molecule has 0 aliphatic carbocycles. The summed E-state index contributed by atoms with van der Waals surface area (Å²) in [5.41, 5.74) is 2.10. The number of hydrogen-bond acceptors (Lipinski definition) is 6. The van der Waals surface area contributed by atoms with Crippen LogP contribution in [0.3, 0.4) is 0 Å². The van der Waals surface area contributed by atoms with Crippen LogP contribution < -0.4 is 4.74 Å². The highest BCUT2D eigenvalue weighted by molar-refractivity contribution is 5.07. The lowest BCUT2D eigenvalue weighted by molar-refractivity contribution is -0.182. The van der Waals surface area contributed by atoms with Gasteiger partial charge in [0.1, 0.15) is 0 Å². The number of rotatable bonds is 6. The van der Waals surface area contributed by atoms with Crippen LogP contribution in [0.25, 0.3) is 0 Å². The molecule has 0 radical (unpaired) electrons. The van der Waals surface area contributed by atoms with Gasteiger partial charge in [0.25, 0.3) is 0 Å². The van der Waals surface area contributed by atoms with Crippen molar-refractivity contribution in [2.45, 2.75) is 38.3 Å². The van der Waals surface area contributed by atoms with E-state index in [0.29, 0.717) is 18.5 Å². The fourth-order valence-corrected chi connectivity index (χ4v) is 4.01. The number of likely N-dealkylation sites (tertiary alicyclic amines) is 1. The highest BCUT2D eigenvalue weighted by atomic mass is 16.5. The molecule has 0 saturated carbocycles. The fourth-order valence-electron chi connectivity index (χ4n) is 4.01. The monoisotopic (exact) mass is 354 g/mol.